The number of halogens is 2. The molecule has 0 unspecified atom stereocenters. The third-order valence-electron chi connectivity index (χ3n) is 5.49. The van der Waals surface area contributed by atoms with Crippen LogP contribution in [0.3, 0.4) is 0 Å². The molecule has 0 aliphatic carbocycles. The van der Waals surface area contributed by atoms with Gasteiger partial charge in [-0.25, -0.2) is 9.07 Å². The van der Waals surface area contributed by atoms with Crippen LogP contribution in [0.1, 0.15) is 26.4 Å². The molecule has 0 atom stereocenters. The van der Waals surface area contributed by atoms with E-state index in [0.29, 0.717) is 17.1 Å². The minimum atomic E-state index is -0.573. The Labute approximate surface area is 215 Å². The average Bonchev–Trinajstić information content (AvgIpc) is 3.51. The molecular weight excluding hydrogens is 497 g/mol. The highest BCUT2D eigenvalue weighted by molar-refractivity contribution is 6.34. The highest BCUT2D eigenvalue weighted by Crippen LogP contribution is 2.27. The number of amides is 2. The Hall–Kier alpha value is -4.83. The molecule has 0 aliphatic rings. The summed E-state index contributed by atoms with van der Waals surface area (Å²) >= 11 is 6.32. The van der Waals surface area contributed by atoms with E-state index in [1.807, 2.05) is 6.07 Å². The van der Waals surface area contributed by atoms with Gasteiger partial charge in [-0.1, -0.05) is 35.9 Å². The van der Waals surface area contributed by atoms with Gasteiger partial charge in [-0.3, -0.25) is 19.7 Å². The fourth-order valence-corrected chi connectivity index (χ4v) is 3.83. The van der Waals surface area contributed by atoms with Gasteiger partial charge in [0, 0.05) is 23.4 Å². The Morgan fingerprint density at radius 1 is 1.00 bits per heavy atom. The molecule has 0 radical (unpaired) electrons. The van der Waals surface area contributed by atoms with Gasteiger partial charge in [0.15, 0.2) is 5.69 Å². The van der Waals surface area contributed by atoms with E-state index in [1.165, 1.54) is 41.2 Å². The number of para-hydroxylation sites is 1. The molecule has 3 heterocycles. The SMILES string of the molecule is Cc1cn[nH]c1NC(=O)c1cc(NC(=O)c2cc(-c3ncccc3F)ccc2Cl)n(-c2ccccc2)n1. The van der Waals surface area contributed by atoms with Gasteiger partial charge in [-0.2, -0.15) is 10.2 Å². The number of hydrogen-bond donors (Lipinski definition) is 3. The summed E-state index contributed by atoms with van der Waals surface area (Å²) in [4.78, 5) is 30.3. The number of nitrogens with one attached hydrogen (secondary N) is 3. The number of anilines is 2. The van der Waals surface area contributed by atoms with Crippen molar-refractivity contribution in [3.05, 3.63) is 107 Å². The Bertz CT molecular complexity index is 1610. The maximum Gasteiger partial charge on any atom is 0.277 e. The molecule has 0 fully saturated rings. The predicted molar refractivity (Wildman–Crippen MR) is 137 cm³/mol. The number of nitrogens with zero attached hydrogens (tertiary/aromatic N) is 4. The van der Waals surface area contributed by atoms with Gasteiger partial charge in [0.2, 0.25) is 0 Å². The van der Waals surface area contributed by atoms with E-state index in [4.69, 9.17) is 11.6 Å². The normalized spacial score (nSPS) is 10.8. The lowest BCUT2D eigenvalue weighted by Gasteiger charge is -2.11. The van der Waals surface area contributed by atoms with Crippen LogP contribution in [-0.2, 0) is 0 Å². The maximum absolute atomic E-state index is 14.3. The Morgan fingerprint density at radius 3 is 2.54 bits per heavy atom. The van der Waals surface area contributed by atoms with Crippen LogP contribution in [0.4, 0.5) is 16.0 Å². The van der Waals surface area contributed by atoms with Crippen LogP contribution in [0.5, 0.6) is 0 Å². The number of aromatic amines is 1. The molecule has 9 nitrogen and oxygen atoms in total. The van der Waals surface area contributed by atoms with Crippen molar-refractivity contribution in [3.63, 3.8) is 0 Å². The third-order valence-corrected chi connectivity index (χ3v) is 5.82. The van der Waals surface area contributed by atoms with Crippen LogP contribution in [0.25, 0.3) is 16.9 Å². The van der Waals surface area contributed by atoms with Gasteiger partial charge >= 0.3 is 0 Å². The zero-order valence-electron chi connectivity index (χ0n) is 19.4. The molecule has 0 bridgehead atoms. The van der Waals surface area contributed by atoms with Crippen molar-refractivity contribution in [1.29, 1.82) is 0 Å². The third kappa shape index (κ3) is 4.95. The van der Waals surface area contributed by atoms with Crippen molar-refractivity contribution in [3.8, 4) is 16.9 Å². The number of aromatic nitrogens is 5. The summed E-state index contributed by atoms with van der Waals surface area (Å²) in [6, 6.07) is 17.8. The van der Waals surface area contributed by atoms with E-state index < -0.39 is 17.6 Å². The molecule has 37 heavy (non-hydrogen) atoms. The summed E-state index contributed by atoms with van der Waals surface area (Å²) in [5, 5.41) is 16.6. The molecule has 3 N–H and O–H groups in total. The Balaban J connectivity index is 1.49. The zero-order valence-corrected chi connectivity index (χ0v) is 20.1. The quantitative estimate of drug-likeness (QED) is 0.285. The number of hydrogen-bond acceptors (Lipinski definition) is 5. The van der Waals surface area contributed by atoms with Gasteiger partial charge in [0.25, 0.3) is 11.8 Å². The van der Waals surface area contributed by atoms with Crippen molar-refractivity contribution in [2.75, 3.05) is 10.6 Å². The molecule has 0 spiro atoms. The lowest BCUT2D eigenvalue weighted by Crippen LogP contribution is -2.16. The number of aryl methyl sites for hydroxylation is 1. The van der Waals surface area contributed by atoms with Gasteiger partial charge in [0.1, 0.15) is 23.1 Å². The van der Waals surface area contributed by atoms with E-state index in [1.54, 1.807) is 43.5 Å². The molecule has 3 aromatic heterocycles. The fourth-order valence-electron chi connectivity index (χ4n) is 3.63. The summed E-state index contributed by atoms with van der Waals surface area (Å²) in [5.74, 6) is -0.926. The van der Waals surface area contributed by atoms with Gasteiger partial charge in [-0.15, -0.1) is 0 Å². The second kappa shape index (κ2) is 10.0. The van der Waals surface area contributed by atoms with Gasteiger partial charge in [0.05, 0.1) is 22.5 Å². The maximum atomic E-state index is 14.3. The van der Waals surface area contributed by atoms with Gasteiger partial charge < -0.3 is 10.6 Å². The minimum absolute atomic E-state index is 0.0588. The number of pyridine rings is 1. The summed E-state index contributed by atoms with van der Waals surface area (Å²) in [6.45, 7) is 1.79. The summed E-state index contributed by atoms with van der Waals surface area (Å²) in [5.41, 5.74) is 2.01. The molecular formula is C26H19ClFN7O2. The number of benzene rings is 2. The average molecular weight is 516 g/mol. The largest absolute Gasteiger partial charge is 0.306 e. The van der Waals surface area contributed by atoms with Crippen molar-refractivity contribution in [2.24, 2.45) is 0 Å². The van der Waals surface area contributed by atoms with E-state index in [0.717, 1.165) is 5.56 Å². The first-order chi connectivity index (χ1) is 17.9. The van der Waals surface area contributed by atoms with Crippen LogP contribution in [-0.4, -0.2) is 36.8 Å². The molecule has 184 valence electrons. The zero-order chi connectivity index (χ0) is 25.9. The Morgan fingerprint density at radius 2 is 1.81 bits per heavy atom. The van der Waals surface area contributed by atoms with Crippen LogP contribution >= 0.6 is 11.6 Å². The molecule has 5 aromatic rings. The van der Waals surface area contributed by atoms with Crippen molar-refractivity contribution in [2.45, 2.75) is 6.92 Å². The van der Waals surface area contributed by atoms with Crippen molar-refractivity contribution in [1.82, 2.24) is 25.0 Å². The highest BCUT2D eigenvalue weighted by Gasteiger charge is 2.21. The van der Waals surface area contributed by atoms with Crippen LogP contribution in [0, 0.1) is 12.7 Å². The molecule has 5 rings (SSSR count). The number of carbonyl (C=O) groups excluding carboxylic acids is 2. The summed E-state index contributed by atoms with van der Waals surface area (Å²) in [7, 11) is 0. The van der Waals surface area contributed by atoms with Crippen molar-refractivity contribution >= 4 is 35.1 Å². The first-order valence-corrected chi connectivity index (χ1v) is 11.5. The second-order valence-corrected chi connectivity index (χ2v) is 8.43. The number of carbonyl (C=O) groups is 2. The second-order valence-electron chi connectivity index (χ2n) is 8.03. The van der Waals surface area contributed by atoms with E-state index in [2.05, 4.69) is 30.9 Å². The summed E-state index contributed by atoms with van der Waals surface area (Å²) < 4.78 is 15.7. The smallest absolute Gasteiger partial charge is 0.277 e. The van der Waals surface area contributed by atoms with E-state index in [9.17, 15) is 14.0 Å². The molecule has 0 saturated carbocycles. The minimum Gasteiger partial charge on any atom is -0.306 e. The molecule has 11 heteroatoms. The molecule has 0 saturated heterocycles. The molecule has 0 aliphatic heterocycles. The lowest BCUT2D eigenvalue weighted by atomic mass is 10.1. The number of rotatable bonds is 6. The van der Waals surface area contributed by atoms with Crippen molar-refractivity contribution < 1.29 is 14.0 Å². The highest BCUT2D eigenvalue weighted by atomic mass is 35.5. The summed E-state index contributed by atoms with van der Waals surface area (Å²) in [6.07, 6.45) is 3.04. The van der Waals surface area contributed by atoms with Crippen LogP contribution in [0.2, 0.25) is 5.02 Å². The van der Waals surface area contributed by atoms with E-state index in [-0.39, 0.29) is 27.8 Å². The lowest BCUT2D eigenvalue weighted by molar-refractivity contribution is 0.101. The monoisotopic (exact) mass is 515 g/mol. The standard InChI is InChI=1S/C26H19ClFN7O2/c1-15-14-30-33-24(15)32-26(37)21-13-22(35(34-21)17-6-3-2-4-7-17)31-25(36)18-12-16(9-10-19(18)27)23-20(28)8-5-11-29-23/h2-14H,1H3,(H,31,36)(H2,30,32,33,37). The first kappa shape index (κ1) is 23.9. The van der Waals surface area contributed by atoms with E-state index >= 15 is 0 Å². The van der Waals surface area contributed by atoms with Crippen LogP contribution in [0.15, 0.2) is 79.1 Å². The molecule has 2 aromatic carbocycles. The first-order valence-electron chi connectivity index (χ1n) is 11.1. The Kier molecular flexibility index (Phi) is 6.48. The van der Waals surface area contributed by atoms with Crippen LogP contribution < -0.4 is 10.6 Å². The molecule has 2 amide bonds. The number of H-pyrrole nitrogens is 1. The van der Waals surface area contributed by atoms with Gasteiger partial charge in [-0.05, 0) is 43.3 Å². The predicted octanol–water partition coefficient (Wildman–Crippen LogP) is 5.26. The topological polar surface area (TPSA) is 118 Å². The fraction of sp³-hybridized carbons (Fsp3) is 0.0385.